The van der Waals surface area contributed by atoms with Crippen LogP contribution >= 0.6 is 0 Å². The summed E-state index contributed by atoms with van der Waals surface area (Å²) in [5.74, 6) is 0.265. The average molecular weight is 351 g/mol. The molecule has 0 saturated carbocycles. The lowest BCUT2D eigenvalue weighted by Crippen LogP contribution is -2.49. The monoisotopic (exact) mass is 351 g/mol. The summed E-state index contributed by atoms with van der Waals surface area (Å²) in [4.78, 5) is 16.2. The molecular weight excluding hydrogens is 324 g/mol. The Labute approximate surface area is 148 Å². The molecule has 0 radical (unpaired) electrons. The van der Waals surface area contributed by atoms with Crippen LogP contribution in [0.5, 0.6) is 0 Å². The summed E-state index contributed by atoms with van der Waals surface area (Å²) < 4.78 is 27.3. The summed E-state index contributed by atoms with van der Waals surface area (Å²) >= 11 is 0. The SMILES string of the molecule is CC(CC(=O)N1CCN(c2cc(F)ccc2F)CC1)C1CCCNC1. The van der Waals surface area contributed by atoms with Gasteiger partial charge in [-0.1, -0.05) is 6.92 Å². The molecule has 0 bridgehead atoms. The zero-order valence-electron chi connectivity index (χ0n) is 14.8. The molecule has 138 valence electrons. The molecule has 2 atom stereocenters. The molecule has 3 rings (SSSR count). The number of rotatable bonds is 4. The minimum absolute atomic E-state index is 0.178. The van der Waals surface area contributed by atoms with E-state index in [2.05, 4.69) is 12.2 Å². The van der Waals surface area contributed by atoms with Gasteiger partial charge in [0.2, 0.25) is 5.91 Å². The van der Waals surface area contributed by atoms with Gasteiger partial charge >= 0.3 is 0 Å². The van der Waals surface area contributed by atoms with E-state index < -0.39 is 11.6 Å². The lowest BCUT2D eigenvalue weighted by Gasteiger charge is -2.37. The van der Waals surface area contributed by atoms with Gasteiger partial charge in [-0.15, -0.1) is 0 Å². The van der Waals surface area contributed by atoms with Crippen molar-refractivity contribution in [2.24, 2.45) is 11.8 Å². The van der Waals surface area contributed by atoms with Crippen LogP contribution in [0, 0.1) is 23.5 Å². The number of nitrogens with zero attached hydrogens (tertiary/aromatic N) is 2. The number of hydrogen-bond donors (Lipinski definition) is 1. The summed E-state index contributed by atoms with van der Waals surface area (Å²) in [5.41, 5.74) is 0.286. The van der Waals surface area contributed by atoms with Gasteiger partial charge in [-0.05, 0) is 49.9 Å². The summed E-state index contributed by atoms with van der Waals surface area (Å²) in [5, 5.41) is 3.40. The van der Waals surface area contributed by atoms with Crippen LogP contribution in [0.25, 0.3) is 0 Å². The Morgan fingerprint density at radius 1 is 1.28 bits per heavy atom. The molecule has 2 fully saturated rings. The van der Waals surface area contributed by atoms with E-state index in [4.69, 9.17) is 0 Å². The Kier molecular flexibility index (Phi) is 5.89. The van der Waals surface area contributed by atoms with Crippen molar-refractivity contribution in [3.63, 3.8) is 0 Å². The standard InChI is InChI=1S/C19H27F2N3O/c1-14(15-3-2-6-22-13-15)11-19(25)24-9-7-23(8-10-24)18-12-16(20)4-5-17(18)21/h4-5,12,14-15,22H,2-3,6-11,13H2,1H3. The minimum Gasteiger partial charge on any atom is -0.366 e. The minimum atomic E-state index is -0.440. The summed E-state index contributed by atoms with van der Waals surface area (Å²) in [7, 11) is 0. The highest BCUT2D eigenvalue weighted by molar-refractivity contribution is 5.76. The van der Waals surface area contributed by atoms with Crippen molar-refractivity contribution in [2.45, 2.75) is 26.2 Å². The number of halogens is 2. The molecule has 1 amide bonds. The highest BCUT2D eigenvalue weighted by Gasteiger charge is 2.27. The van der Waals surface area contributed by atoms with Crippen molar-refractivity contribution in [2.75, 3.05) is 44.2 Å². The van der Waals surface area contributed by atoms with Gasteiger partial charge < -0.3 is 15.1 Å². The zero-order chi connectivity index (χ0) is 17.8. The second kappa shape index (κ2) is 8.13. The predicted octanol–water partition coefficient (Wildman–Crippen LogP) is 2.64. The molecule has 4 nitrogen and oxygen atoms in total. The Balaban J connectivity index is 1.51. The third-order valence-corrected chi connectivity index (χ3v) is 5.52. The molecule has 1 N–H and O–H groups in total. The lowest BCUT2D eigenvalue weighted by atomic mass is 9.85. The third kappa shape index (κ3) is 4.48. The van der Waals surface area contributed by atoms with Crippen LogP contribution in [0.1, 0.15) is 26.2 Å². The molecule has 1 aromatic carbocycles. The molecule has 2 heterocycles. The first-order valence-electron chi connectivity index (χ1n) is 9.23. The molecule has 1 aromatic rings. The van der Waals surface area contributed by atoms with E-state index in [-0.39, 0.29) is 11.6 Å². The second-order valence-corrected chi connectivity index (χ2v) is 7.25. The Morgan fingerprint density at radius 3 is 2.72 bits per heavy atom. The van der Waals surface area contributed by atoms with E-state index in [1.165, 1.54) is 18.9 Å². The molecule has 6 heteroatoms. The number of carbonyl (C=O) groups excluding carboxylic acids is 1. The van der Waals surface area contributed by atoms with Crippen molar-refractivity contribution >= 4 is 11.6 Å². The smallest absolute Gasteiger partial charge is 0.222 e. The maximum Gasteiger partial charge on any atom is 0.222 e. The first kappa shape index (κ1) is 18.1. The largest absolute Gasteiger partial charge is 0.366 e. The normalized spacial score (nSPS) is 22.8. The molecular formula is C19H27F2N3O. The first-order chi connectivity index (χ1) is 12.0. The molecule has 2 aliphatic rings. The second-order valence-electron chi connectivity index (χ2n) is 7.25. The van der Waals surface area contributed by atoms with Crippen molar-refractivity contribution in [3.8, 4) is 0 Å². The van der Waals surface area contributed by atoms with E-state index >= 15 is 0 Å². The van der Waals surface area contributed by atoms with Crippen LogP contribution in [-0.4, -0.2) is 50.1 Å². The fourth-order valence-electron chi connectivity index (χ4n) is 3.86. The predicted molar refractivity (Wildman–Crippen MR) is 94.5 cm³/mol. The van der Waals surface area contributed by atoms with Crippen molar-refractivity contribution in [3.05, 3.63) is 29.8 Å². The summed E-state index contributed by atoms with van der Waals surface area (Å²) in [6, 6.07) is 3.51. The van der Waals surface area contributed by atoms with Gasteiger partial charge in [0.05, 0.1) is 5.69 Å². The van der Waals surface area contributed by atoms with E-state index in [0.717, 1.165) is 25.2 Å². The number of carbonyl (C=O) groups is 1. The first-order valence-corrected chi connectivity index (χ1v) is 9.23. The molecule has 2 unspecified atom stereocenters. The van der Waals surface area contributed by atoms with Crippen LogP contribution in [-0.2, 0) is 4.79 Å². The van der Waals surface area contributed by atoms with E-state index in [1.54, 1.807) is 0 Å². The van der Waals surface area contributed by atoms with Crippen LogP contribution in [0.3, 0.4) is 0 Å². The maximum atomic E-state index is 13.9. The number of anilines is 1. The van der Waals surface area contributed by atoms with Crippen LogP contribution in [0.15, 0.2) is 18.2 Å². The van der Waals surface area contributed by atoms with Crippen LogP contribution < -0.4 is 10.2 Å². The number of benzene rings is 1. The fraction of sp³-hybridized carbons (Fsp3) is 0.632. The van der Waals surface area contributed by atoms with Gasteiger partial charge in [-0.25, -0.2) is 8.78 Å². The van der Waals surface area contributed by atoms with E-state index in [0.29, 0.717) is 44.4 Å². The van der Waals surface area contributed by atoms with Crippen molar-refractivity contribution in [1.29, 1.82) is 0 Å². The quantitative estimate of drug-likeness (QED) is 0.906. The molecule has 25 heavy (non-hydrogen) atoms. The molecule has 0 aromatic heterocycles. The highest BCUT2D eigenvalue weighted by atomic mass is 19.1. The van der Waals surface area contributed by atoms with Crippen molar-refractivity contribution in [1.82, 2.24) is 10.2 Å². The molecule has 0 aliphatic carbocycles. The number of piperidine rings is 1. The maximum absolute atomic E-state index is 13.9. The zero-order valence-corrected chi connectivity index (χ0v) is 14.8. The number of amides is 1. The lowest BCUT2D eigenvalue weighted by molar-refractivity contribution is -0.132. The number of hydrogen-bond acceptors (Lipinski definition) is 3. The van der Waals surface area contributed by atoms with E-state index in [9.17, 15) is 13.6 Å². The molecule has 2 aliphatic heterocycles. The van der Waals surface area contributed by atoms with Gasteiger partial charge in [0, 0.05) is 38.7 Å². The topological polar surface area (TPSA) is 35.6 Å². The molecule has 2 saturated heterocycles. The van der Waals surface area contributed by atoms with E-state index in [1.807, 2.05) is 9.80 Å². The van der Waals surface area contributed by atoms with Crippen LogP contribution in [0.2, 0.25) is 0 Å². The van der Waals surface area contributed by atoms with Gasteiger partial charge in [-0.2, -0.15) is 0 Å². The van der Waals surface area contributed by atoms with Crippen LogP contribution in [0.4, 0.5) is 14.5 Å². The molecule has 0 spiro atoms. The Morgan fingerprint density at radius 2 is 2.04 bits per heavy atom. The van der Waals surface area contributed by atoms with Gasteiger partial charge in [-0.3, -0.25) is 4.79 Å². The van der Waals surface area contributed by atoms with Gasteiger partial charge in [0.1, 0.15) is 11.6 Å². The average Bonchev–Trinajstić information content (AvgIpc) is 2.64. The highest BCUT2D eigenvalue weighted by Crippen LogP contribution is 2.25. The number of piperazine rings is 1. The van der Waals surface area contributed by atoms with Gasteiger partial charge in [0.25, 0.3) is 0 Å². The fourth-order valence-corrected chi connectivity index (χ4v) is 3.86. The summed E-state index contributed by atoms with van der Waals surface area (Å²) in [6.45, 7) is 6.43. The third-order valence-electron chi connectivity index (χ3n) is 5.52. The number of nitrogens with one attached hydrogen (secondary N) is 1. The van der Waals surface area contributed by atoms with Crippen molar-refractivity contribution < 1.29 is 13.6 Å². The Hall–Kier alpha value is -1.69. The Bertz CT molecular complexity index is 596. The summed E-state index contributed by atoms with van der Waals surface area (Å²) in [6.07, 6.45) is 2.94. The van der Waals surface area contributed by atoms with Gasteiger partial charge in [0.15, 0.2) is 0 Å².